The Hall–Kier alpha value is -2.01. The summed E-state index contributed by atoms with van der Waals surface area (Å²) >= 11 is 1.51. The lowest BCUT2D eigenvalue weighted by molar-refractivity contribution is 0.0697. The number of halogens is 1. The standard InChI is InChI=1S/C17H18FNO2S/c1-12(2)11-19(15-7-5-14(18)6-8-15)22-16-9-3-13(4-10-16)17(20)21/h3-10,12H,11H2,1-2H3,(H,20,21). The third kappa shape index (κ3) is 4.49. The number of anilines is 1. The SMILES string of the molecule is CC(C)CN(Sc1ccc(C(=O)O)cc1)c1ccc(F)cc1. The molecule has 0 radical (unpaired) electrons. The molecule has 0 spiro atoms. The number of hydrogen-bond donors (Lipinski definition) is 1. The van der Waals surface area contributed by atoms with Crippen molar-refractivity contribution in [1.29, 1.82) is 0 Å². The van der Waals surface area contributed by atoms with Gasteiger partial charge in [-0.3, -0.25) is 0 Å². The highest BCUT2D eigenvalue weighted by molar-refractivity contribution is 8.00. The van der Waals surface area contributed by atoms with Gasteiger partial charge in [-0.15, -0.1) is 0 Å². The molecular formula is C17H18FNO2S. The van der Waals surface area contributed by atoms with Crippen molar-refractivity contribution in [1.82, 2.24) is 0 Å². The van der Waals surface area contributed by atoms with Gasteiger partial charge in [-0.05, 0) is 66.4 Å². The Labute approximate surface area is 133 Å². The largest absolute Gasteiger partial charge is 0.478 e. The monoisotopic (exact) mass is 319 g/mol. The van der Waals surface area contributed by atoms with Crippen molar-refractivity contribution in [3.05, 3.63) is 59.9 Å². The Morgan fingerprint density at radius 3 is 2.23 bits per heavy atom. The van der Waals surface area contributed by atoms with Crippen LogP contribution in [-0.2, 0) is 0 Å². The molecule has 0 fully saturated rings. The summed E-state index contributed by atoms with van der Waals surface area (Å²) in [6.45, 7) is 5.03. The number of aromatic carboxylic acids is 1. The van der Waals surface area contributed by atoms with Gasteiger partial charge in [0.05, 0.1) is 5.56 Å². The van der Waals surface area contributed by atoms with E-state index in [-0.39, 0.29) is 11.4 Å². The number of nitrogens with zero attached hydrogens (tertiary/aromatic N) is 1. The molecule has 0 aliphatic heterocycles. The topological polar surface area (TPSA) is 40.5 Å². The molecule has 2 aromatic rings. The predicted molar refractivity (Wildman–Crippen MR) is 87.8 cm³/mol. The van der Waals surface area contributed by atoms with E-state index in [9.17, 15) is 9.18 Å². The minimum absolute atomic E-state index is 0.260. The van der Waals surface area contributed by atoms with Crippen LogP contribution in [0.25, 0.3) is 0 Å². The Balaban J connectivity index is 2.19. The minimum atomic E-state index is -0.936. The zero-order chi connectivity index (χ0) is 16.1. The van der Waals surface area contributed by atoms with E-state index >= 15 is 0 Å². The third-order valence-corrected chi connectivity index (χ3v) is 4.03. The molecule has 5 heteroatoms. The van der Waals surface area contributed by atoms with E-state index in [4.69, 9.17) is 5.11 Å². The third-order valence-electron chi connectivity index (χ3n) is 2.96. The molecule has 0 saturated heterocycles. The molecule has 0 amide bonds. The molecule has 2 aromatic carbocycles. The number of rotatable bonds is 6. The second-order valence-corrected chi connectivity index (χ2v) is 6.45. The van der Waals surface area contributed by atoms with Crippen LogP contribution in [0.5, 0.6) is 0 Å². The maximum atomic E-state index is 13.1. The molecule has 0 aliphatic rings. The van der Waals surface area contributed by atoms with Gasteiger partial charge in [-0.1, -0.05) is 13.8 Å². The van der Waals surface area contributed by atoms with Gasteiger partial charge in [0.1, 0.15) is 5.82 Å². The van der Waals surface area contributed by atoms with Gasteiger partial charge in [0, 0.05) is 17.1 Å². The molecule has 0 aliphatic carbocycles. The second-order valence-electron chi connectivity index (χ2n) is 5.35. The van der Waals surface area contributed by atoms with Crippen molar-refractivity contribution in [3.63, 3.8) is 0 Å². The van der Waals surface area contributed by atoms with Crippen molar-refractivity contribution >= 4 is 23.6 Å². The van der Waals surface area contributed by atoms with Crippen molar-refractivity contribution < 1.29 is 14.3 Å². The lowest BCUT2D eigenvalue weighted by Gasteiger charge is -2.25. The van der Waals surface area contributed by atoms with Crippen molar-refractivity contribution in [2.24, 2.45) is 5.92 Å². The van der Waals surface area contributed by atoms with Crippen LogP contribution in [0, 0.1) is 11.7 Å². The van der Waals surface area contributed by atoms with Gasteiger partial charge in [0.2, 0.25) is 0 Å². The summed E-state index contributed by atoms with van der Waals surface area (Å²) in [5.74, 6) is -0.756. The average Bonchev–Trinajstić information content (AvgIpc) is 2.47. The van der Waals surface area contributed by atoms with Gasteiger partial charge in [-0.25, -0.2) is 9.18 Å². The van der Waals surface area contributed by atoms with E-state index in [1.165, 1.54) is 24.1 Å². The van der Waals surface area contributed by atoms with E-state index in [0.29, 0.717) is 5.92 Å². The van der Waals surface area contributed by atoms with Gasteiger partial charge in [0.25, 0.3) is 0 Å². The van der Waals surface area contributed by atoms with E-state index in [0.717, 1.165) is 17.1 Å². The highest BCUT2D eigenvalue weighted by Crippen LogP contribution is 2.30. The maximum absolute atomic E-state index is 13.1. The molecule has 0 aromatic heterocycles. The van der Waals surface area contributed by atoms with E-state index in [2.05, 4.69) is 18.2 Å². The number of carboxylic acid groups (broad SMARTS) is 1. The Morgan fingerprint density at radius 1 is 1.14 bits per heavy atom. The maximum Gasteiger partial charge on any atom is 0.335 e. The Bertz CT molecular complexity index is 626. The second kappa shape index (κ2) is 7.31. The van der Waals surface area contributed by atoms with Crippen LogP contribution in [0.1, 0.15) is 24.2 Å². The molecule has 0 saturated carbocycles. The highest BCUT2D eigenvalue weighted by Gasteiger charge is 2.11. The quantitative estimate of drug-likeness (QED) is 0.784. The fourth-order valence-electron chi connectivity index (χ4n) is 1.92. The lowest BCUT2D eigenvalue weighted by Crippen LogP contribution is -2.20. The normalized spacial score (nSPS) is 10.7. The molecule has 2 rings (SSSR count). The van der Waals surface area contributed by atoms with Crippen LogP contribution in [0.15, 0.2) is 53.4 Å². The summed E-state index contributed by atoms with van der Waals surface area (Å²) < 4.78 is 15.2. The molecule has 0 atom stereocenters. The van der Waals surface area contributed by atoms with Crippen LogP contribution >= 0.6 is 11.9 Å². The van der Waals surface area contributed by atoms with Crippen molar-refractivity contribution in [2.75, 3.05) is 10.8 Å². The molecule has 22 heavy (non-hydrogen) atoms. The number of carbonyl (C=O) groups is 1. The fourth-order valence-corrected chi connectivity index (χ4v) is 3.03. The first-order valence-electron chi connectivity index (χ1n) is 7.00. The highest BCUT2D eigenvalue weighted by atomic mass is 32.2. The van der Waals surface area contributed by atoms with Crippen molar-refractivity contribution in [3.8, 4) is 0 Å². The summed E-state index contributed by atoms with van der Waals surface area (Å²) in [6, 6.07) is 13.1. The first-order chi connectivity index (χ1) is 10.5. The smallest absolute Gasteiger partial charge is 0.335 e. The predicted octanol–water partition coefficient (Wildman–Crippen LogP) is 4.69. The number of carboxylic acids is 1. The van der Waals surface area contributed by atoms with Gasteiger partial charge in [0.15, 0.2) is 0 Å². The lowest BCUT2D eigenvalue weighted by atomic mass is 10.2. The van der Waals surface area contributed by atoms with Crippen LogP contribution < -0.4 is 4.31 Å². The summed E-state index contributed by atoms with van der Waals surface area (Å²) in [7, 11) is 0. The van der Waals surface area contributed by atoms with Gasteiger partial charge < -0.3 is 9.41 Å². The van der Waals surface area contributed by atoms with E-state index < -0.39 is 5.97 Å². The molecule has 0 unspecified atom stereocenters. The Kier molecular flexibility index (Phi) is 5.44. The van der Waals surface area contributed by atoms with E-state index in [1.54, 1.807) is 36.4 Å². The zero-order valence-corrected chi connectivity index (χ0v) is 13.3. The minimum Gasteiger partial charge on any atom is -0.478 e. The molecule has 0 heterocycles. The van der Waals surface area contributed by atoms with Gasteiger partial charge in [-0.2, -0.15) is 0 Å². The summed E-state index contributed by atoms with van der Waals surface area (Å²) in [5.41, 5.74) is 1.18. The first kappa shape index (κ1) is 16.4. The first-order valence-corrected chi connectivity index (χ1v) is 7.77. The van der Waals surface area contributed by atoms with Crippen LogP contribution in [0.2, 0.25) is 0 Å². The molecule has 0 bridgehead atoms. The fraction of sp³-hybridized carbons (Fsp3) is 0.235. The molecular weight excluding hydrogens is 301 g/mol. The summed E-state index contributed by atoms with van der Waals surface area (Å²) in [6.07, 6.45) is 0. The van der Waals surface area contributed by atoms with Crippen molar-refractivity contribution in [2.45, 2.75) is 18.7 Å². The number of hydrogen-bond acceptors (Lipinski definition) is 3. The average molecular weight is 319 g/mol. The Morgan fingerprint density at radius 2 is 1.73 bits per heavy atom. The van der Waals surface area contributed by atoms with Gasteiger partial charge >= 0.3 is 5.97 Å². The molecule has 3 nitrogen and oxygen atoms in total. The zero-order valence-electron chi connectivity index (χ0n) is 12.5. The van der Waals surface area contributed by atoms with E-state index in [1.807, 2.05) is 0 Å². The number of benzene rings is 2. The molecule has 116 valence electrons. The van der Waals surface area contributed by atoms with Crippen LogP contribution in [-0.4, -0.2) is 17.6 Å². The summed E-state index contributed by atoms with van der Waals surface area (Å²) in [5, 5.41) is 8.93. The van der Waals surface area contributed by atoms with Crippen LogP contribution in [0.4, 0.5) is 10.1 Å². The van der Waals surface area contributed by atoms with Crippen LogP contribution in [0.3, 0.4) is 0 Å². The molecule has 1 N–H and O–H groups in total. The summed E-state index contributed by atoms with van der Waals surface area (Å²) in [4.78, 5) is 11.8.